The second kappa shape index (κ2) is 9.18. The van der Waals surface area contributed by atoms with Crippen molar-refractivity contribution in [3.05, 3.63) is 65.0 Å². The van der Waals surface area contributed by atoms with Crippen LogP contribution in [0.2, 0.25) is 0 Å². The van der Waals surface area contributed by atoms with Crippen molar-refractivity contribution in [2.75, 3.05) is 13.2 Å². The first-order chi connectivity index (χ1) is 12.0. The molecule has 0 aliphatic rings. The highest BCUT2D eigenvalue weighted by molar-refractivity contribution is 5.94. The summed E-state index contributed by atoms with van der Waals surface area (Å²) in [5.74, 6) is 0.228. The number of hydrogen-bond acceptors (Lipinski definition) is 3. The number of rotatable bonds is 8. The zero-order valence-electron chi connectivity index (χ0n) is 14.8. The first-order valence-electron chi connectivity index (χ1n) is 8.45. The molecule has 4 nitrogen and oxygen atoms in total. The summed E-state index contributed by atoms with van der Waals surface area (Å²) >= 11 is 0. The molecular formula is C20H24FNO3. The third kappa shape index (κ3) is 5.29. The van der Waals surface area contributed by atoms with Crippen LogP contribution in [0, 0.1) is 5.82 Å². The van der Waals surface area contributed by atoms with Crippen molar-refractivity contribution >= 4 is 5.91 Å². The molecule has 0 unspecified atom stereocenters. The molecule has 0 fully saturated rings. The van der Waals surface area contributed by atoms with Crippen LogP contribution in [0.1, 0.15) is 48.3 Å². The van der Waals surface area contributed by atoms with Crippen molar-refractivity contribution in [1.82, 2.24) is 5.32 Å². The molecule has 0 aliphatic heterocycles. The molecule has 0 saturated carbocycles. The number of halogens is 1. The second-order valence-electron chi connectivity index (χ2n) is 5.64. The summed E-state index contributed by atoms with van der Waals surface area (Å²) in [6, 6.07) is 11.2. The van der Waals surface area contributed by atoms with E-state index < -0.39 is 0 Å². The molecule has 1 N–H and O–H groups in total. The lowest BCUT2D eigenvalue weighted by Gasteiger charge is -2.16. The summed E-state index contributed by atoms with van der Waals surface area (Å²) in [5.41, 5.74) is 2.22. The largest absolute Gasteiger partial charge is 0.494 e. The molecule has 2 aromatic rings. The van der Waals surface area contributed by atoms with Crippen molar-refractivity contribution in [2.24, 2.45) is 0 Å². The van der Waals surface area contributed by atoms with Gasteiger partial charge in [0.2, 0.25) is 0 Å². The lowest BCUT2D eigenvalue weighted by Crippen LogP contribution is -2.26. The maximum absolute atomic E-state index is 13.0. The number of carbonyl (C=O) groups is 1. The predicted molar refractivity (Wildman–Crippen MR) is 95.2 cm³/mol. The highest BCUT2D eigenvalue weighted by Crippen LogP contribution is 2.22. The van der Waals surface area contributed by atoms with Crippen molar-refractivity contribution in [3.63, 3.8) is 0 Å². The highest BCUT2D eigenvalue weighted by Gasteiger charge is 2.14. The smallest absolute Gasteiger partial charge is 0.251 e. The van der Waals surface area contributed by atoms with Crippen LogP contribution in [0.15, 0.2) is 42.5 Å². The van der Waals surface area contributed by atoms with Crippen molar-refractivity contribution in [1.29, 1.82) is 0 Å². The zero-order chi connectivity index (χ0) is 18.2. The summed E-state index contributed by atoms with van der Waals surface area (Å²) in [5, 5.41) is 2.92. The predicted octanol–water partition coefficient (Wildman–Crippen LogP) is 4.25. The van der Waals surface area contributed by atoms with Gasteiger partial charge in [0.1, 0.15) is 11.6 Å². The average molecular weight is 345 g/mol. The number of amides is 1. The standard InChI is InChI=1S/C20H24FNO3/c1-4-24-13-17-12-16(8-11-19(17)25-5-2)20(23)22-14(3)15-6-9-18(21)10-7-15/h6-12,14H,4-5,13H2,1-3H3,(H,22,23)/t14-/m0/s1. The van der Waals surface area contributed by atoms with Crippen LogP contribution in [0.25, 0.3) is 0 Å². The number of ether oxygens (including phenoxy) is 2. The Bertz CT molecular complexity index is 701. The van der Waals surface area contributed by atoms with E-state index in [-0.39, 0.29) is 17.8 Å². The SMILES string of the molecule is CCOCc1cc(C(=O)N[C@@H](C)c2ccc(F)cc2)ccc1OCC. The minimum atomic E-state index is -0.297. The molecule has 1 amide bonds. The quantitative estimate of drug-likeness (QED) is 0.778. The molecule has 2 aromatic carbocycles. The maximum Gasteiger partial charge on any atom is 0.251 e. The Morgan fingerprint density at radius 3 is 2.48 bits per heavy atom. The van der Waals surface area contributed by atoms with Gasteiger partial charge in [0.25, 0.3) is 5.91 Å². The van der Waals surface area contributed by atoms with Crippen molar-refractivity contribution in [2.45, 2.75) is 33.4 Å². The molecule has 1 atom stereocenters. The van der Waals surface area contributed by atoms with Gasteiger partial charge < -0.3 is 14.8 Å². The Hall–Kier alpha value is -2.40. The molecule has 0 saturated heterocycles. The van der Waals surface area contributed by atoms with Crippen LogP contribution in [-0.2, 0) is 11.3 Å². The van der Waals surface area contributed by atoms with Crippen LogP contribution in [0.4, 0.5) is 4.39 Å². The summed E-state index contributed by atoms with van der Waals surface area (Å²) in [7, 11) is 0. The monoisotopic (exact) mass is 345 g/mol. The average Bonchev–Trinajstić information content (AvgIpc) is 2.61. The Labute approximate surface area is 148 Å². The molecule has 0 aromatic heterocycles. The fourth-order valence-corrected chi connectivity index (χ4v) is 2.46. The summed E-state index contributed by atoms with van der Waals surface area (Å²) in [6.45, 7) is 7.22. The van der Waals surface area contributed by atoms with Gasteiger partial charge in [-0.1, -0.05) is 12.1 Å². The summed E-state index contributed by atoms with van der Waals surface area (Å²) in [4.78, 5) is 12.5. The lowest BCUT2D eigenvalue weighted by molar-refractivity contribution is 0.0939. The molecule has 0 aliphatic carbocycles. The van der Waals surface area contributed by atoms with E-state index in [4.69, 9.17) is 9.47 Å². The number of carbonyl (C=O) groups excluding carboxylic acids is 1. The Kier molecular flexibility index (Phi) is 6.95. The summed E-state index contributed by atoms with van der Waals surface area (Å²) in [6.07, 6.45) is 0. The van der Waals surface area contributed by atoms with Crippen LogP contribution < -0.4 is 10.1 Å². The third-order valence-electron chi connectivity index (χ3n) is 3.80. The van der Waals surface area contributed by atoms with Gasteiger partial charge >= 0.3 is 0 Å². The van der Waals surface area contributed by atoms with Gasteiger partial charge in [-0.05, 0) is 56.7 Å². The molecule has 5 heteroatoms. The van der Waals surface area contributed by atoms with E-state index in [0.29, 0.717) is 25.4 Å². The van der Waals surface area contributed by atoms with Gasteiger partial charge in [-0.3, -0.25) is 4.79 Å². The van der Waals surface area contributed by atoms with Gasteiger partial charge in [0.05, 0.1) is 19.3 Å². The van der Waals surface area contributed by atoms with Crippen molar-refractivity contribution < 1.29 is 18.7 Å². The Morgan fingerprint density at radius 2 is 1.84 bits per heavy atom. The maximum atomic E-state index is 13.0. The summed E-state index contributed by atoms with van der Waals surface area (Å²) < 4.78 is 24.1. The van der Waals surface area contributed by atoms with Gasteiger partial charge in [-0.15, -0.1) is 0 Å². The molecule has 0 heterocycles. The zero-order valence-corrected chi connectivity index (χ0v) is 14.8. The fourth-order valence-electron chi connectivity index (χ4n) is 2.46. The molecule has 0 bridgehead atoms. The van der Waals surface area contributed by atoms with E-state index >= 15 is 0 Å². The van der Waals surface area contributed by atoms with Gasteiger partial charge in [0, 0.05) is 17.7 Å². The molecule has 0 radical (unpaired) electrons. The molecule has 2 rings (SSSR count). The van der Waals surface area contributed by atoms with Gasteiger partial charge in [-0.2, -0.15) is 0 Å². The molecular weight excluding hydrogens is 321 g/mol. The Balaban J connectivity index is 2.13. The number of nitrogens with one attached hydrogen (secondary N) is 1. The van der Waals surface area contributed by atoms with Crippen LogP contribution in [0.5, 0.6) is 5.75 Å². The van der Waals surface area contributed by atoms with E-state index in [1.165, 1.54) is 12.1 Å². The van der Waals surface area contributed by atoms with E-state index in [0.717, 1.165) is 16.9 Å². The van der Waals surface area contributed by atoms with E-state index in [9.17, 15) is 9.18 Å². The topological polar surface area (TPSA) is 47.6 Å². The third-order valence-corrected chi connectivity index (χ3v) is 3.80. The molecule has 134 valence electrons. The van der Waals surface area contributed by atoms with E-state index in [1.54, 1.807) is 30.3 Å². The lowest BCUT2D eigenvalue weighted by atomic mass is 10.1. The van der Waals surface area contributed by atoms with Crippen LogP contribution in [0.3, 0.4) is 0 Å². The second-order valence-corrected chi connectivity index (χ2v) is 5.64. The fraction of sp³-hybridized carbons (Fsp3) is 0.350. The minimum Gasteiger partial charge on any atom is -0.494 e. The van der Waals surface area contributed by atoms with Gasteiger partial charge in [0.15, 0.2) is 0 Å². The Morgan fingerprint density at radius 1 is 1.12 bits per heavy atom. The first-order valence-corrected chi connectivity index (χ1v) is 8.45. The molecule has 25 heavy (non-hydrogen) atoms. The highest BCUT2D eigenvalue weighted by atomic mass is 19.1. The van der Waals surface area contributed by atoms with Crippen LogP contribution >= 0.6 is 0 Å². The van der Waals surface area contributed by atoms with E-state index in [1.807, 2.05) is 20.8 Å². The van der Waals surface area contributed by atoms with E-state index in [2.05, 4.69) is 5.32 Å². The molecule has 0 spiro atoms. The van der Waals surface area contributed by atoms with Crippen molar-refractivity contribution in [3.8, 4) is 5.75 Å². The first kappa shape index (κ1) is 18.9. The van der Waals surface area contributed by atoms with Crippen LogP contribution in [-0.4, -0.2) is 19.1 Å². The number of hydrogen-bond donors (Lipinski definition) is 1. The minimum absolute atomic E-state index is 0.197. The van der Waals surface area contributed by atoms with Gasteiger partial charge in [-0.25, -0.2) is 4.39 Å². The normalized spacial score (nSPS) is 11.8. The number of benzene rings is 2.